The first-order valence-electron chi connectivity index (χ1n) is 8.63. The first-order chi connectivity index (χ1) is 12.0. The van der Waals surface area contributed by atoms with Crippen LogP contribution in [0, 0.1) is 23.7 Å². The van der Waals surface area contributed by atoms with E-state index in [-0.39, 0.29) is 17.7 Å². The molecule has 0 spiro atoms. The van der Waals surface area contributed by atoms with E-state index in [0.717, 1.165) is 36.1 Å². The standard InChI is InChI=1S/C18H20N2O4S/c19-15(21)14-10-3-1-2-4-11(10)25-17(14)20-16(22)12-8-5-6-9(7-8)13(12)18(23)24/h5-6,8-9,12-13H,1-4,7H2,(H2,19,21)(H,20,22)(H,23,24)/t8-,9-,12-,13-/m0/s1. The van der Waals surface area contributed by atoms with Crippen LogP contribution in [0.1, 0.15) is 40.1 Å². The molecule has 0 aliphatic heterocycles. The second kappa shape index (κ2) is 5.98. The van der Waals surface area contributed by atoms with Gasteiger partial charge in [-0.1, -0.05) is 12.2 Å². The monoisotopic (exact) mass is 360 g/mol. The molecular weight excluding hydrogens is 340 g/mol. The van der Waals surface area contributed by atoms with Crippen LogP contribution >= 0.6 is 11.3 Å². The number of fused-ring (bicyclic) bond motifs is 3. The second-order valence-electron chi connectivity index (χ2n) is 7.11. The lowest BCUT2D eigenvalue weighted by Crippen LogP contribution is -2.36. The van der Waals surface area contributed by atoms with Gasteiger partial charge in [0.05, 0.1) is 17.4 Å². The fourth-order valence-corrected chi connectivity index (χ4v) is 5.92. The van der Waals surface area contributed by atoms with Crippen LogP contribution in [0.3, 0.4) is 0 Å². The lowest BCUT2D eigenvalue weighted by Gasteiger charge is -2.23. The number of carbonyl (C=O) groups excluding carboxylic acids is 2. The molecule has 1 saturated carbocycles. The van der Waals surface area contributed by atoms with Gasteiger partial charge in [-0.15, -0.1) is 11.3 Å². The van der Waals surface area contributed by atoms with Crippen molar-refractivity contribution in [2.75, 3.05) is 5.32 Å². The van der Waals surface area contributed by atoms with Gasteiger partial charge in [0.15, 0.2) is 0 Å². The summed E-state index contributed by atoms with van der Waals surface area (Å²) in [4.78, 5) is 37.5. The molecule has 6 nitrogen and oxygen atoms in total. The van der Waals surface area contributed by atoms with Gasteiger partial charge in [0.2, 0.25) is 5.91 Å². The summed E-state index contributed by atoms with van der Waals surface area (Å²) in [6.45, 7) is 0. The molecule has 0 radical (unpaired) electrons. The van der Waals surface area contributed by atoms with E-state index in [2.05, 4.69) is 5.32 Å². The Morgan fingerprint density at radius 2 is 1.80 bits per heavy atom. The lowest BCUT2D eigenvalue weighted by molar-refractivity contribution is -0.146. The molecule has 132 valence electrons. The molecule has 7 heteroatoms. The van der Waals surface area contributed by atoms with Crippen LogP contribution in [-0.2, 0) is 22.4 Å². The highest BCUT2D eigenvalue weighted by Gasteiger charge is 2.51. The average Bonchev–Trinajstić information content (AvgIpc) is 3.25. The van der Waals surface area contributed by atoms with Gasteiger partial charge in [-0.25, -0.2) is 0 Å². The van der Waals surface area contributed by atoms with Gasteiger partial charge in [0, 0.05) is 4.88 Å². The van der Waals surface area contributed by atoms with Crippen molar-refractivity contribution in [3.63, 3.8) is 0 Å². The number of primary amides is 1. The molecule has 4 rings (SSSR count). The normalized spacial score (nSPS) is 29.4. The lowest BCUT2D eigenvalue weighted by atomic mass is 9.82. The molecule has 25 heavy (non-hydrogen) atoms. The van der Waals surface area contributed by atoms with E-state index in [1.165, 1.54) is 11.3 Å². The SMILES string of the molecule is NC(=O)c1c(NC(=O)[C@@H]2[C@@H](C(=O)O)[C@H]3C=C[C@H]2C3)sc2c1CCCC2. The van der Waals surface area contributed by atoms with Gasteiger partial charge in [0.25, 0.3) is 5.91 Å². The zero-order valence-corrected chi connectivity index (χ0v) is 14.5. The summed E-state index contributed by atoms with van der Waals surface area (Å²) in [6.07, 6.45) is 8.33. The third-order valence-electron chi connectivity index (χ3n) is 5.70. The Hall–Kier alpha value is -2.15. The fourth-order valence-electron chi connectivity index (χ4n) is 4.63. The molecular formula is C18H20N2O4S. The van der Waals surface area contributed by atoms with E-state index in [1.54, 1.807) is 0 Å². The largest absolute Gasteiger partial charge is 0.481 e. The molecule has 3 aliphatic carbocycles. The van der Waals surface area contributed by atoms with Crippen molar-refractivity contribution in [1.82, 2.24) is 0 Å². The van der Waals surface area contributed by atoms with E-state index in [9.17, 15) is 19.5 Å². The fraction of sp³-hybridized carbons (Fsp3) is 0.500. The van der Waals surface area contributed by atoms with E-state index in [1.807, 2.05) is 12.2 Å². The quantitative estimate of drug-likeness (QED) is 0.715. The highest BCUT2D eigenvalue weighted by Crippen LogP contribution is 2.49. The Balaban J connectivity index is 1.63. The van der Waals surface area contributed by atoms with Crippen LogP contribution in [0.15, 0.2) is 12.2 Å². The Morgan fingerprint density at radius 3 is 2.48 bits per heavy atom. The number of amides is 2. The summed E-state index contributed by atoms with van der Waals surface area (Å²) in [5, 5.41) is 12.8. The number of carbonyl (C=O) groups is 3. The first kappa shape index (κ1) is 16.3. The summed E-state index contributed by atoms with van der Waals surface area (Å²) in [5.74, 6) is -3.18. The number of carboxylic acid groups (broad SMARTS) is 1. The maximum atomic E-state index is 12.9. The van der Waals surface area contributed by atoms with E-state index < -0.39 is 23.7 Å². The number of aryl methyl sites for hydroxylation is 1. The van der Waals surface area contributed by atoms with Crippen molar-refractivity contribution in [3.8, 4) is 0 Å². The number of rotatable bonds is 4. The maximum absolute atomic E-state index is 12.9. The number of hydrogen-bond acceptors (Lipinski definition) is 4. The highest BCUT2D eigenvalue weighted by atomic mass is 32.1. The topological polar surface area (TPSA) is 109 Å². The Morgan fingerprint density at radius 1 is 1.12 bits per heavy atom. The number of anilines is 1. The van der Waals surface area contributed by atoms with Gasteiger partial charge in [0.1, 0.15) is 5.00 Å². The molecule has 1 aromatic rings. The number of allylic oxidation sites excluding steroid dienone is 2. The minimum absolute atomic E-state index is 0.0438. The van der Waals surface area contributed by atoms with Crippen molar-refractivity contribution in [3.05, 3.63) is 28.2 Å². The molecule has 2 bridgehead atoms. The molecule has 0 saturated heterocycles. The minimum atomic E-state index is -0.933. The third kappa shape index (κ3) is 2.57. The zero-order chi connectivity index (χ0) is 17.7. The molecule has 1 heterocycles. The van der Waals surface area contributed by atoms with Crippen LogP contribution in [0.2, 0.25) is 0 Å². The third-order valence-corrected chi connectivity index (χ3v) is 6.91. The average molecular weight is 360 g/mol. The van der Waals surface area contributed by atoms with Gasteiger partial charge in [-0.2, -0.15) is 0 Å². The van der Waals surface area contributed by atoms with Crippen molar-refractivity contribution < 1.29 is 19.5 Å². The summed E-state index contributed by atoms with van der Waals surface area (Å²) in [7, 11) is 0. The number of thiophene rings is 1. The van der Waals surface area contributed by atoms with Crippen LogP contribution in [0.25, 0.3) is 0 Å². The summed E-state index contributed by atoms with van der Waals surface area (Å²) in [5.41, 5.74) is 6.93. The molecule has 4 N–H and O–H groups in total. The van der Waals surface area contributed by atoms with Crippen LogP contribution < -0.4 is 11.1 Å². The predicted octanol–water partition coefficient (Wildman–Crippen LogP) is 2.19. The zero-order valence-electron chi connectivity index (χ0n) is 13.7. The van der Waals surface area contributed by atoms with Crippen molar-refractivity contribution in [2.45, 2.75) is 32.1 Å². The van der Waals surface area contributed by atoms with Crippen molar-refractivity contribution >= 4 is 34.1 Å². The highest BCUT2D eigenvalue weighted by molar-refractivity contribution is 7.17. The Kier molecular flexibility index (Phi) is 3.91. The van der Waals surface area contributed by atoms with Gasteiger partial charge in [-0.3, -0.25) is 14.4 Å². The molecule has 0 aromatic carbocycles. The van der Waals surface area contributed by atoms with Crippen LogP contribution in [0.5, 0.6) is 0 Å². The van der Waals surface area contributed by atoms with Crippen LogP contribution in [-0.4, -0.2) is 22.9 Å². The number of nitrogens with two attached hydrogens (primary N) is 1. The first-order valence-corrected chi connectivity index (χ1v) is 9.45. The van der Waals surface area contributed by atoms with Gasteiger partial charge < -0.3 is 16.2 Å². The smallest absolute Gasteiger partial charge is 0.307 e. The maximum Gasteiger partial charge on any atom is 0.307 e. The number of hydrogen-bond donors (Lipinski definition) is 3. The van der Waals surface area contributed by atoms with Crippen molar-refractivity contribution in [1.29, 1.82) is 0 Å². The van der Waals surface area contributed by atoms with E-state index in [4.69, 9.17) is 5.73 Å². The van der Waals surface area contributed by atoms with Gasteiger partial charge in [-0.05, 0) is 49.5 Å². The van der Waals surface area contributed by atoms with Crippen LogP contribution in [0.4, 0.5) is 5.00 Å². The molecule has 4 atom stereocenters. The number of nitrogens with one attached hydrogen (secondary N) is 1. The molecule has 0 unspecified atom stereocenters. The Bertz CT molecular complexity index is 797. The minimum Gasteiger partial charge on any atom is -0.481 e. The van der Waals surface area contributed by atoms with E-state index >= 15 is 0 Å². The molecule has 2 amide bonds. The summed E-state index contributed by atoms with van der Waals surface area (Å²) >= 11 is 1.41. The predicted molar refractivity (Wildman–Crippen MR) is 93.5 cm³/mol. The van der Waals surface area contributed by atoms with E-state index in [0.29, 0.717) is 17.0 Å². The summed E-state index contributed by atoms with van der Waals surface area (Å²) in [6, 6.07) is 0. The number of aliphatic carboxylic acids is 1. The summed E-state index contributed by atoms with van der Waals surface area (Å²) < 4.78 is 0. The Labute approximate surface area is 149 Å². The number of carboxylic acids is 1. The van der Waals surface area contributed by atoms with Gasteiger partial charge >= 0.3 is 5.97 Å². The van der Waals surface area contributed by atoms with Crippen molar-refractivity contribution in [2.24, 2.45) is 29.4 Å². The second-order valence-corrected chi connectivity index (χ2v) is 8.21. The molecule has 1 fully saturated rings. The molecule has 3 aliphatic rings. The molecule has 1 aromatic heterocycles.